The molecule has 1 aromatic carbocycles. The van der Waals surface area contributed by atoms with Crippen molar-refractivity contribution >= 4 is 27.4 Å². The van der Waals surface area contributed by atoms with Gasteiger partial charge in [-0.25, -0.2) is 0 Å². The van der Waals surface area contributed by atoms with Gasteiger partial charge in [-0.3, -0.25) is 4.79 Å². The summed E-state index contributed by atoms with van der Waals surface area (Å²) in [5, 5.41) is 1.87. The Balaban J connectivity index is 2.33. The average Bonchev–Trinajstić information content (AvgIpc) is 3.19. The van der Waals surface area contributed by atoms with Gasteiger partial charge in [0.15, 0.2) is 11.5 Å². The lowest BCUT2D eigenvalue weighted by molar-refractivity contribution is 0.0676. The second-order valence-corrected chi connectivity index (χ2v) is 8.89. The molecule has 0 aliphatic heterocycles. The first-order valence-corrected chi connectivity index (χ1v) is 11.2. The Morgan fingerprint density at radius 3 is 2.52 bits per heavy atom. The summed E-state index contributed by atoms with van der Waals surface area (Å²) in [6.07, 6.45) is 0.806. The zero-order valence-electron chi connectivity index (χ0n) is 16.0. The van der Waals surface area contributed by atoms with Crippen LogP contribution >= 0.6 is 11.3 Å². The van der Waals surface area contributed by atoms with E-state index >= 15 is 0 Å². The standard InChI is InChI=1S/C19H25NO5S2/c1-5-14(3)20(19(21)18-8-7-11-26-18)13-15-9-10-16(24-4)17(12-15)25-27(22,23)6-2/h7-12,14H,5-6,13H2,1-4H3. The molecule has 1 aromatic heterocycles. The number of nitrogens with zero attached hydrogens (tertiary/aromatic N) is 1. The highest BCUT2D eigenvalue weighted by Crippen LogP contribution is 2.30. The van der Waals surface area contributed by atoms with Crippen molar-refractivity contribution in [2.75, 3.05) is 12.9 Å². The second-order valence-electron chi connectivity index (χ2n) is 6.08. The normalized spacial score (nSPS) is 12.4. The molecule has 0 bridgehead atoms. The number of hydrogen-bond acceptors (Lipinski definition) is 6. The number of amides is 1. The molecular formula is C19H25NO5S2. The Labute approximate surface area is 164 Å². The molecule has 0 fully saturated rings. The van der Waals surface area contributed by atoms with Crippen molar-refractivity contribution in [1.82, 2.24) is 4.90 Å². The van der Waals surface area contributed by atoms with Crippen LogP contribution in [0.1, 0.15) is 42.4 Å². The molecular weight excluding hydrogens is 386 g/mol. The molecule has 0 radical (unpaired) electrons. The van der Waals surface area contributed by atoms with Crippen molar-refractivity contribution in [1.29, 1.82) is 0 Å². The Morgan fingerprint density at radius 2 is 1.96 bits per heavy atom. The highest BCUT2D eigenvalue weighted by molar-refractivity contribution is 7.87. The topological polar surface area (TPSA) is 72.9 Å². The molecule has 1 unspecified atom stereocenters. The van der Waals surface area contributed by atoms with Crippen LogP contribution in [0.15, 0.2) is 35.7 Å². The fourth-order valence-corrected chi connectivity index (χ4v) is 3.67. The first kappa shape index (κ1) is 21.2. The molecule has 1 heterocycles. The molecule has 0 aliphatic carbocycles. The summed E-state index contributed by atoms with van der Waals surface area (Å²) in [4.78, 5) is 15.3. The Morgan fingerprint density at radius 1 is 1.22 bits per heavy atom. The van der Waals surface area contributed by atoms with Gasteiger partial charge in [0.05, 0.1) is 17.7 Å². The summed E-state index contributed by atoms with van der Waals surface area (Å²) in [6, 6.07) is 8.76. The first-order valence-electron chi connectivity index (χ1n) is 8.74. The summed E-state index contributed by atoms with van der Waals surface area (Å²) in [5.41, 5.74) is 0.766. The number of methoxy groups -OCH3 is 1. The maximum atomic E-state index is 12.9. The van der Waals surface area contributed by atoms with Gasteiger partial charge in [0.2, 0.25) is 0 Å². The number of hydrogen-bond donors (Lipinski definition) is 0. The Hall–Kier alpha value is -2.06. The van der Waals surface area contributed by atoms with E-state index in [1.807, 2.05) is 25.3 Å². The van der Waals surface area contributed by atoms with Crippen molar-refractivity contribution in [3.63, 3.8) is 0 Å². The number of benzene rings is 1. The molecule has 27 heavy (non-hydrogen) atoms. The van der Waals surface area contributed by atoms with E-state index in [-0.39, 0.29) is 23.5 Å². The number of carbonyl (C=O) groups is 1. The molecule has 1 atom stereocenters. The van der Waals surface area contributed by atoms with Gasteiger partial charge in [-0.1, -0.05) is 19.1 Å². The van der Waals surface area contributed by atoms with Crippen molar-refractivity contribution in [3.05, 3.63) is 46.2 Å². The second kappa shape index (κ2) is 9.23. The maximum absolute atomic E-state index is 12.9. The van der Waals surface area contributed by atoms with Crippen molar-refractivity contribution in [2.45, 2.75) is 39.8 Å². The third kappa shape index (κ3) is 5.46. The summed E-state index contributed by atoms with van der Waals surface area (Å²) >= 11 is 1.40. The monoisotopic (exact) mass is 411 g/mol. The summed E-state index contributed by atoms with van der Waals surface area (Å²) in [5.74, 6) is 0.273. The van der Waals surface area contributed by atoms with E-state index in [0.717, 1.165) is 12.0 Å². The largest absolute Gasteiger partial charge is 0.493 e. The van der Waals surface area contributed by atoms with E-state index in [2.05, 4.69) is 0 Å². The summed E-state index contributed by atoms with van der Waals surface area (Å²) < 4.78 is 34.1. The quantitative estimate of drug-likeness (QED) is 0.585. The van der Waals surface area contributed by atoms with Gasteiger partial charge in [-0.2, -0.15) is 8.42 Å². The molecule has 0 spiro atoms. The van der Waals surface area contributed by atoms with Gasteiger partial charge >= 0.3 is 10.1 Å². The molecule has 0 N–H and O–H groups in total. The van der Waals surface area contributed by atoms with Gasteiger partial charge < -0.3 is 13.8 Å². The van der Waals surface area contributed by atoms with Crippen LogP contribution in [0.5, 0.6) is 11.5 Å². The van der Waals surface area contributed by atoms with E-state index < -0.39 is 10.1 Å². The summed E-state index contributed by atoms with van der Waals surface area (Å²) in [6.45, 7) is 5.87. The van der Waals surface area contributed by atoms with E-state index in [9.17, 15) is 13.2 Å². The fraction of sp³-hybridized carbons (Fsp3) is 0.421. The van der Waals surface area contributed by atoms with Crippen LogP contribution in [0.4, 0.5) is 0 Å². The van der Waals surface area contributed by atoms with Crippen molar-refractivity contribution < 1.29 is 22.1 Å². The molecule has 2 aromatic rings. The Kier molecular flexibility index (Phi) is 7.26. The van der Waals surface area contributed by atoms with Gasteiger partial charge in [0.25, 0.3) is 5.91 Å². The van der Waals surface area contributed by atoms with Crippen molar-refractivity contribution in [2.24, 2.45) is 0 Å². The highest BCUT2D eigenvalue weighted by atomic mass is 32.2. The molecule has 0 saturated heterocycles. The fourth-order valence-electron chi connectivity index (χ4n) is 2.47. The number of carbonyl (C=O) groups excluding carboxylic acids is 1. The summed E-state index contributed by atoms with van der Waals surface area (Å²) in [7, 11) is -2.23. The van der Waals surface area contributed by atoms with Crippen LogP contribution in [0.3, 0.4) is 0 Å². The lowest BCUT2D eigenvalue weighted by atomic mass is 10.1. The van der Waals surface area contributed by atoms with E-state index in [0.29, 0.717) is 17.2 Å². The number of rotatable bonds is 9. The number of thiophene rings is 1. The zero-order valence-corrected chi connectivity index (χ0v) is 17.6. The van der Waals surface area contributed by atoms with Crippen LogP contribution < -0.4 is 8.92 Å². The SMILES string of the molecule is CCC(C)N(Cc1ccc(OC)c(OS(=O)(=O)CC)c1)C(=O)c1cccs1. The zero-order chi connectivity index (χ0) is 20.0. The van der Waals surface area contributed by atoms with Crippen LogP contribution in [0.25, 0.3) is 0 Å². The smallest absolute Gasteiger partial charge is 0.309 e. The van der Waals surface area contributed by atoms with E-state index in [4.69, 9.17) is 8.92 Å². The molecule has 0 saturated carbocycles. The lowest BCUT2D eigenvalue weighted by Crippen LogP contribution is -2.37. The van der Waals surface area contributed by atoms with Crippen LogP contribution in [0, 0.1) is 0 Å². The molecule has 6 nitrogen and oxygen atoms in total. The minimum absolute atomic E-state index is 0.0328. The first-order chi connectivity index (χ1) is 12.8. The molecule has 0 aliphatic rings. The van der Waals surface area contributed by atoms with Crippen LogP contribution in [-0.4, -0.2) is 38.1 Å². The van der Waals surface area contributed by atoms with Crippen molar-refractivity contribution in [3.8, 4) is 11.5 Å². The average molecular weight is 412 g/mol. The third-order valence-corrected chi connectivity index (χ3v) is 6.27. The minimum atomic E-state index is -3.68. The van der Waals surface area contributed by atoms with Crippen LogP contribution in [0.2, 0.25) is 0 Å². The van der Waals surface area contributed by atoms with Gasteiger partial charge in [0, 0.05) is 12.6 Å². The molecule has 148 valence electrons. The van der Waals surface area contributed by atoms with E-state index in [1.165, 1.54) is 25.4 Å². The third-order valence-electron chi connectivity index (χ3n) is 4.27. The highest BCUT2D eigenvalue weighted by Gasteiger charge is 2.22. The van der Waals surface area contributed by atoms with Gasteiger partial charge in [-0.05, 0) is 49.4 Å². The van der Waals surface area contributed by atoms with Gasteiger partial charge in [-0.15, -0.1) is 11.3 Å². The molecule has 2 rings (SSSR count). The van der Waals surface area contributed by atoms with Gasteiger partial charge in [0.1, 0.15) is 0 Å². The molecule has 1 amide bonds. The number of ether oxygens (including phenoxy) is 1. The van der Waals surface area contributed by atoms with E-state index in [1.54, 1.807) is 29.2 Å². The predicted octanol–water partition coefficient (Wildman–Crippen LogP) is 3.93. The predicted molar refractivity (Wildman–Crippen MR) is 107 cm³/mol. The lowest BCUT2D eigenvalue weighted by Gasteiger charge is -2.28. The maximum Gasteiger partial charge on any atom is 0.309 e. The Bertz CT molecular complexity index is 862. The molecule has 8 heteroatoms. The van der Waals surface area contributed by atoms with Crippen LogP contribution in [-0.2, 0) is 16.7 Å². The minimum Gasteiger partial charge on any atom is -0.493 e.